The van der Waals surface area contributed by atoms with E-state index < -0.39 is 24.5 Å². The molecule has 1 aliphatic rings. The molecule has 0 saturated heterocycles. The Balaban J connectivity index is 1.76. The molecular weight excluding hydrogens is 360 g/mol. The summed E-state index contributed by atoms with van der Waals surface area (Å²) in [6.07, 6.45) is 5.27. The number of hydrogen-bond donors (Lipinski definition) is 2. The summed E-state index contributed by atoms with van der Waals surface area (Å²) < 4.78 is 6.92. The van der Waals surface area contributed by atoms with Crippen LogP contribution in [0, 0.1) is 19.8 Å². The summed E-state index contributed by atoms with van der Waals surface area (Å²) in [5, 5.41) is 9.47. The van der Waals surface area contributed by atoms with Gasteiger partial charge in [0.1, 0.15) is 0 Å². The van der Waals surface area contributed by atoms with Gasteiger partial charge in [0.05, 0.1) is 12.1 Å². The number of nitrogens with one attached hydrogen (secondary N) is 2. The van der Waals surface area contributed by atoms with Gasteiger partial charge in [-0.1, -0.05) is 33.1 Å². The summed E-state index contributed by atoms with van der Waals surface area (Å²) in [6.45, 7) is 8.29. The zero-order valence-electron chi connectivity index (χ0n) is 17.3. The van der Waals surface area contributed by atoms with Crippen LogP contribution in [0.15, 0.2) is 0 Å². The maximum absolute atomic E-state index is 12.1. The van der Waals surface area contributed by atoms with Gasteiger partial charge in [0, 0.05) is 23.8 Å². The monoisotopic (exact) mass is 392 g/mol. The first-order valence-electron chi connectivity index (χ1n) is 10.0. The number of carbonyl (C=O) groups is 3. The first-order chi connectivity index (χ1) is 13.3. The van der Waals surface area contributed by atoms with Crippen molar-refractivity contribution in [1.29, 1.82) is 0 Å². The van der Waals surface area contributed by atoms with Crippen LogP contribution in [0.4, 0.5) is 4.79 Å². The molecule has 1 aliphatic carbocycles. The molecule has 8 heteroatoms. The Morgan fingerprint density at radius 2 is 1.86 bits per heavy atom. The van der Waals surface area contributed by atoms with Gasteiger partial charge in [-0.25, -0.2) is 4.79 Å². The van der Waals surface area contributed by atoms with E-state index in [4.69, 9.17) is 4.74 Å². The minimum atomic E-state index is -0.634. The molecule has 1 saturated carbocycles. The summed E-state index contributed by atoms with van der Waals surface area (Å²) in [5.41, 5.74) is 2.53. The molecule has 2 rings (SSSR count). The highest BCUT2D eigenvalue weighted by Gasteiger charge is 2.19. The second-order valence-electron chi connectivity index (χ2n) is 7.92. The summed E-state index contributed by atoms with van der Waals surface area (Å²) in [5.74, 6) is -0.704. The summed E-state index contributed by atoms with van der Waals surface area (Å²) in [4.78, 5) is 35.8. The van der Waals surface area contributed by atoms with E-state index in [0.717, 1.165) is 49.2 Å². The van der Waals surface area contributed by atoms with Crippen LogP contribution in [0.3, 0.4) is 0 Å². The number of nitrogens with zero attached hydrogens (tertiary/aromatic N) is 2. The van der Waals surface area contributed by atoms with Crippen LogP contribution < -0.4 is 10.6 Å². The van der Waals surface area contributed by atoms with Crippen molar-refractivity contribution in [3.8, 4) is 0 Å². The molecule has 8 nitrogen and oxygen atoms in total. The molecule has 1 fully saturated rings. The van der Waals surface area contributed by atoms with E-state index in [1.54, 1.807) is 0 Å². The van der Waals surface area contributed by atoms with Gasteiger partial charge in [0.2, 0.25) is 0 Å². The lowest BCUT2D eigenvalue weighted by atomic mass is 9.96. The summed E-state index contributed by atoms with van der Waals surface area (Å²) in [7, 11) is 0. The highest BCUT2D eigenvalue weighted by Crippen LogP contribution is 2.17. The molecule has 0 aromatic carbocycles. The van der Waals surface area contributed by atoms with E-state index in [1.807, 2.05) is 18.5 Å². The van der Waals surface area contributed by atoms with E-state index >= 15 is 0 Å². The molecule has 0 atom stereocenters. The average Bonchev–Trinajstić information content (AvgIpc) is 2.87. The molecule has 3 amide bonds. The molecule has 1 aromatic heterocycles. The third-order valence-electron chi connectivity index (χ3n) is 4.95. The van der Waals surface area contributed by atoms with Crippen molar-refractivity contribution in [2.45, 2.75) is 78.8 Å². The standard InChI is InChI=1S/C20H32N4O4/c1-13(2)11-24-15(4)17(14(3)23-24)10-19(26)28-12-18(25)22-20(27)21-16-8-6-5-7-9-16/h13,16H,5-12H2,1-4H3,(H2,21,22,25,27). The number of hydrogen-bond acceptors (Lipinski definition) is 5. The van der Waals surface area contributed by atoms with Crippen LogP contribution in [-0.4, -0.2) is 40.3 Å². The fraction of sp³-hybridized carbons (Fsp3) is 0.700. The Morgan fingerprint density at radius 1 is 1.18 bits per heavy atom. The number of aryl methyl sites for hydroxylation is 1. The normalized spacial score (nSPS) is 14.8. The quantitative estimate of drug-likeness (QED) is 0.694. The number of carbonyl (C=O) groups excluding carboxylic acids is 3. The lowest BCUT2D eigenvalue weighted by Crippen LogP contribution is -2.46. The van der Waals surface area contributed by atoms with Crippen LogP contribution >= 0.6 is 0 Å². The van der Waals surface area contributed by atoms with Crippen LogP contribution in [0.5, 0.6) is 0 Å². The molecule has 28 heavy (non-hydrogen) atoms. The average molecular weight is 393 g/mol. The fourth-order valence-electron chi connectivity index (χ4n) is 3.49. The smallest absolute Gasteiger partial charge is 0.321 e. The number of ether oxygens (including phenoxy) is 1. The van der Waals surface area contributed by atoms with Crippen molar-refractivity contribution in [3.63, 3.8) is 0 Å². The molecule has 0 radical (unpaired) electrons. The highest BCUT2D eigenvalue weighted by atomic mass is 16.5. The largest absolute Gasteiger partial charge is 0.455 e. The summed E-state index contributed by atoms with van der Waals surface area (Å²) >= 11 is 0. The summed E-state index contributed by atoms with van der Waals surface area (Å²) in [6, 6.07) is -0.424. The van der Waals surface area contributed by atoms with Gasteiger partial charge in [-0.15, -0.1) is 0 Å². The van der Waals surface area contributed by atoms with Crippen molar-refractivity contribution < 1.29 is 19.1 Å². The third-order valence-corrected chi connectivity index (χ3v) is 4.95. The first kappa shape index (κ1) is 21.9. The van der Waals surface area contributed by atoms with Crippen LogP contribution in [0.1, 0.15) is 62.9 Å². The topological polar surface area (TPSA) is 102 Å². The van der Waals surface area contributed by atoms with E-state index in [1.165, 1.54) is 6.42 Å². The maximum Gasteiger partial charge on any atom is 0.321 e. The van der Waals surface area contributed by atoms with Gasteiger partial charge in [-0.2, -0.15) is 5.10 Å². The fourth-order valence-corrected chi connectivity index (χ4v) is 3.49. The van der Waals surface area contributed by atoms with Crippen molar-refractivity contribution >= 4 is 17.9 Å². The Bertz CT molecular complexity index is 705. The molecule has 0 aliphatic heterocycles. The minimum Gasteiger partial charge on any atom is -0.455 e. The van der Waals surface area contributed by atoms with E-state index in [-0.39, 0.29) is 12.5 Å². The molecule has 1 heterocycles. The van der Waals surface area contributed by atoms with E-state index in [0.29, 0.717) is 5.92 Å². The molecule has 0 unspecified atom stereocenters. The van der Waals surface area contributed by atoms with Crippen LogP contribution in [0.2, 0.25) is 0 Å². The zero-order valence-corrected chi connectivity index (χ0v) is 17.3. The molecule has 0 bridgehead atoms. The molecule has 1 aromatic rings. The van der Waals surface area contributed by atoms with Crippen molar-refractivity contribution in [2.75, 3.05) is 6.61 Å². The predicted molar refractivity (Wildman–Crippen MR) is 105 cm³/mol. The minimum absolute atomic E-state index is 0.0529. The number of aromatic nitrogens is 2. The van der Waals surface area contributed by atoms with Gasteiger partial charge in [-0.3, -0.25) is 19.6 Å². The second-order valence-corrected chi connectivity index (χ2v) is 7.92. The number of rotatable bonds is 7. The van der Waals surface area contributed by atoms with Crippen molar-refractivity contribution in [2.24, 2.45) is 5.92 Å². The molecule has 0 spiro atoms. The number of imide groups is 1. The molecule has 2 N–H and O–H groups in total. The van der Waals surface area contributed by atoms with Gasteiger partial charge < -0.3 is 10.1 Å². The van der Waals surface area contributed by atoms with E-state index in [2.05, 4.69) is 29.6 Å². The van der Waals surface area contributed by atoms with Gasteiger partial charge in [0.15, 0.2) is 6.61 Å². The predicted octanol–water partition coefficient (Wildman–Crippen LogP) is 2.40. The first-order valence-corrected chi connectivity index (χ1v) is 10.0. The Kier molecular flexibility index (Phi) is 8.02. The van der Waals surface area contributed by atoms with Crippen molar-refractivity contribution in [1.82, 2.24) is 20.4 Å². The Hall–Kier alpha value is -2.38. The van der Waals surface area contributed by atoms with Gasteiger partial charge in [-0.05, 0) is 32.6 Å². The molecular formula is C20H32N4O4. The zero-order chi connectivity index (χ0) is 20.7. The molecule has 156 valence electrons. The second kappa shape index (κ2) is 10.2. The third kappa shape index (κ3) is 6.65. The SMILES string of the molecule is Cc1nn(CC(C)C)c(C)c1CC(=O)OCC(=O)NC(=O)NC1CCCCC1. The Labute approximate surface area is 166 Å². The van der Waals surface area contributed by atoms with Crippen LogP contribution in [-0.2, 0) is 27.3 Å². The Morgan fingerprint density at radius 3 is 2.50 bits per heavy atom. The maximum atomic E-state index is 12.1. The number of amides is 3. The lowest BCUT2D eigenvalue weighted by Gasteiger charge is -2.22. The van der Waals surface area contributed by atoms with Gasteiger partial charge >= 0.3 is 12.0 Å². The highest BCUT2D eigenvalue weighted by molar-refractivity contribution is 5.95. The van der Waals surface area contributed by atoms with E-state index in [9.17, 15) is 14.4 Å². The van der Waals surface area contributed by atoms with Gasteiger partial charge in [0.25, 0.3) is 5.91 Å². The van der Waals surface area contributed by atoms with Crippen LogP contribution in [0.25, 0.3) is 0 Å². The number of esters is 1. The number of urea groups is 1. The lowest BCUT2D eigenvalue weighted by molar-refractivity contribution is -0.147. The van der Waals surface area contributed by atoms with Crippen molar-refractivity contribution in [3.05, 3.63) is 17.0 Å².